The van der Waals surface area contributed by atoms with Gasteiger partial charge < -0.3 is 0 Å². The number of hydrogen-bond donors (Lipinski definition) is 0. The number of rotatable bonds is 8. The fraction of sp³-hybridized carbons (Fsp3) is 0.800. The van der Waals surface area contributed by atoms with Gasteiger partial charge in [-0.1, -0.05) is 58.4 Å². The summed E-state index contributed by atoms with van der Waals surface area (Å²) in [5, 5.41) is 0. The van der Waals surface area contributed by atoms with Crippen molar-refractivity contribution in [3.05, 3.63) is 29.6 Å². The molecule has 0 amide bonds. The highest BCUT2D eigenvalue weighted by Crippen LogP contribution is 2.43. The van der Waals surface area contributed by atoms with Gasteiger partial charge in [0.05, 0.1) is 0 Å². The zero-order valence-corrected chi connectivity index (χ0v) is 17.4. The van der Waals surface area contributed by atoms with Crippen LogP contribution < -0.4 is 0 Å². The monoisotopic (exact) mass is 355 g/mol. The van der Waals surface area contributed by atoms with Crippen molar-refractivity contribution in [1.29, 1.82) is 0 Å². The molecule has 1 nitrogen and oxygen atoms in total. The Morgan fingerprint density at radius 2 is 1.50 bits per heavy atom. The third-order valence-electron chi connectivity index (χ3n) is 7.49. The zero-order valence-electron chi connectivity index (χ0n) is 17.4. The molecule has 2 aliphatic rings. The van der Waals surface area contributed by atoms with E-state index >= 15 is 0 Å². The van der Waals surface area contributed by atoms with E-state index < -0.39 is 0 Å². The van der Waals surface area contributed by atoms with Crippen LogP contribution in [-0.2, 0) is 6.42 Å². The minimum atomic E-state index is 0.729. The van der Waals surface area contributed by atoms with Gasteiger partial charge in [0.1, 0.15) is 0 Å². The van der Waals surface area contributed by atoms with Crippen LogP contribution in [0.3, 0.4) is 0 Å². The Kier molecular flexibility index (Phi) is 8.02. The van der Waals surface area contributed by atoms with Crippen LogP contribution in [0.1, 0.15) is 114 Å². The maximum absolute atomic E-state index is 4.86. The summed E-state index contributed by atoms with van der Waals surface area (Å²) in [4.78, 5) is 4.86. The first kappa shape index (κ1) is 19.9. The molecule has 1 aromatic rings. The van der Waals surface area contributed by atoms with E-state index in [1.807, 2.05) is 0 Å². The molecule has 0 bridgehead atoms. The molecule has 1 aromatic heterocycles. The first-order valence-electron chi connectivity index (χ1n) is 11.7. The molecule has 2 saturated carbocycles. The second-order valence-corrected chi connectivity index (χ2v) is 9.20. The molecule has 146 valence electrons. The van der Waals surface area contributed by atoms with Crippen LogP contribution in [0.15, 0.2) is 18.3 Å². The van der Waals surface area contributed by atoms with Crippen LogP contribution in [-0.4, -0.2) is 4.98 Å². The van der Waals surface area contributed by atoms with E-state index in [1.54, 1.807) is 0 Å². The van der Waals surface area contributed by atoms with Crippen LogP contribution >= 0.6 is 0 Å². The maximum Gasteiger partial charge on any atom is 0.0434 e. The zero-order chi connectivity index (χ0) is 18.2. The molecule has 26 heavy (non-hydrogen) atoms. The Bertz CT molecular complexity index is 489. The molecule has 0 aliphatic heterocycles. The van der Waals surface area contributed by atoms with Crippen molar-refractivity contribution >= 4 is 0 Å². The molecule has 2 aliphatic carbocycles. The Morgan fingerprint density at radius 3 is 2.08 bits per heavy atom. The van der Waals surface area contributed by atoms with Crippen LogP contribution in [0.5, 0.6) is 0 Å². The van der Waals surface area contributed by atoms with Gasteiger partial charge in [-0.15, -0.1) is 0 Å². The molecule has 1 heterocycles. The molecule has 0 radical (unpaired) electrons. The Labute approximate surface area is 162 Å². The van der Waals surface area contributed by atoms with Gasteiger partial charge in [0, 0.05) is 17.8 Å². The summed E-state index contributed by atoms with van der Waals surface area (Å²) in [6.45, 7) is 4.65. The quantitative estimate of drug-likeness (QED) is 0.435. The van der Waals surface area contributed by atoms with Gasteiger partial charge in [-0.2, -0.15) is 0 Å². The average molecular weight is 356 g/mol. The van der Waals surface area contributed by atoms with Crippen molar-refractivity contribution in [3.63, 3.8) is 0 Å². The standard InChI is InChI=1S/C25H41N/c1-3-5-6-7-8-21-11-18-25(26-19-21)24-16-14-23(15-17-24)22-12-9-20(4-2)10-13-22/h11,18-20,22-24H,3-10,12-17H2,1-2H3/t20-,22-,23?,24?. The summed E-state index contributed by atoms with van der Waals surface area (Å²) >= 11 is 0. The Balaban J connectivity index is 1.41. The van der Waals surface area contributed by atoms with Crippen molar-refractivity contribution in [1.82, 2.24) is 4.98 Å². The Morgan fingerprint density at radius 1 is 0.808 bits per heavy atom. The topological polar surface area (TPSA) is 12.9 Å². The average Bonchev–Trinajstić information content (AvgIpc) is 2.72. The van der Waals surface area contributed by atoms with Gasteiger partial charge >= 0.3 is 0 Å². The third-order valence-corrected chi connectivity index (χ3v) is 7.49. The van der Waals surface area contributed by atoms with Gasteiger partial charge in [0.25, 0.3) is 0 Å². The molecule has 0 aromatic carbocycles. The Hall–Kier alpha value is -0.850. The number of nitrogens with zero attached hydrogens (tertiary/aromatic N) is 1. The lowest BCUT2D eigenvalue weighted by Crippen LogP contribution is -2.25. The fourth-order valence-electron chi connectivity index (χ4n) is 5.54. The highest BCUT2D eigenvalue weighted by atomic mass is 14.7. The number of pyridine rings is 1. The van der Waals surface area contributed by atoms with Crippen LogP contribution in [0, 0.1) is 17.8 Å². The minimum Gasteiger partial charge on any atom is -0.261 e. The predicted octanol–water partition coefficient (Wildman–Crippen LogP) is 7.69. The van der Waals surface area contributed by atoms with Crippen molar-refractivity contribution in [2.45, 2.75) is 110 Å². The van der Waals surface area contributed by atoms with Crippen LogP contribution in [0.4, 0.5) is 0 Å². The molecule has 0 unspecified atom stereocenters. The summed E-state index contributed by atoms with van der Waals surface area (Å²) in [5.41, 5.74) is 2.81. The summed E-state index contributed by atoms with van der Waals surface area (Å²) in [7, 11) is 0. The molecule has 0 atom stereocenters. The molecule has 1 heteroatoms. The van der Waals surface area contributed by atoms with E-state index in [0.717, 1.165) is 23.7 Å². The highest BCUT2D eigenvalue weighted by molar-refractivity contribution is 5.17. The van der Waals surface area contributed by atoms with E-state index in [2.05, 4.69) is 32.2 Å². The number of aromatic nitrogens is 1. The summed E-state index contributed by atoms with van der Waals surface area (Å²) in [6, 6.07) is 4.69. The molecular formula is C25H41N. The van der Waals surface area contributed by atoms with Crippen molar-refractivity contribution in [3.8, 4) is 0 Å². The summed E-state index contributed by atoms with van der Waals surface area (Å²) in [6.07, 6.45) is 21.8. The van der Waals surface area contributed by atoms with Gasteiger partial charge in [-0.3, -0.25) is 4.98 Å². The first-order valence-corrected chi connectivity index (χ1v) is 11.7. The van der Waals surface area contributed by atoms with E-state index in [4.69, 9.17) is 4.98 Å². The second kappa shape index (κ2) is 10.5. The normalized spacial score (nSPS) is 29.6. The van der Waals surface area contributed by atoms with Gasteiger partial charge in [0.2, 0.25) is 0 Å². The predicted molar refractivity (Wildman–Crippen MR) is 113 cm³/mol. The second-order valence-electron chi connectivity index (χ2n) is 9.20. The van der Waals surface area contributed by atoms with E-state index in [9.17, 15) is 0 Å². The summed E-state index contributed by atoms with van der Waals surface area (Å²) < 4.78 is 0. The van der Waals surface area contributed by atoms with Gasteiger partial charge in [-0.25, -0.2) is 0 Å². The van der Waals surface area contributed by atoms with E-state index in [-0.39, 0.29) is 0 Å². The third kappa shape index (κ3) is 5.57. The number of hydrogen-bond acceptors (Lipinski definition) is 1. The molecule has 3 rings (SSSR count). The highest BCUT2D eigenvalue weighted by Gasteiger charge is 2.31. The van der Waals surface area contributed by atoms with Crippen LogP contribution in [0.2, 0.25) is 0 Å². The molecular weight excluding hydrogens is 314 g/mol. The van der Waals surface area contributed by atoms with E-state index in [1.165, 1.54) is 101 Å². The maximum atomic E-state index is 4.86. The van der Waals surface area contributed by atoms with Gasteiger partial charge in [-0.05, 0) is 80.8 Å². The van der Waals surface area contributed by atoms with Crippen LogP contribution in [0.25, 0.3) is 0 Å². The molecule has 2 fully saturated rings. The fourth-order valence-corrected chi connectivity index (χ4v) is 5.54. The summed E-state index contributed by atoms with van der Waals surface area (Å²) in [5.74, 6) is 3.82. The van der Waals surface area contributed by atoms with E-state index in [0.29, 0.717) is 0 Å². The van der Waals surface area contributed by atoms with Gasteiger partial charge in [0.15, 0.2) is 0 Å². The lowest BCUT2D eigenvalue weighted by molar-refractivity contribution is 0.158. The molecule has 0 saturated heterocycles. The first-order chi connectivity index (χ1) is 12.8. The molecule has 0 spiro atoms. The number of unbranched alkanes of at least 4 members (excludes halogenated alkanes) is 3. The minimum absolute atomic E-state index is 0.729. The lowest BCUT2D eigenvalue weighted by Gasteiger charge is -2.37. The smallest absolute Gasteiger partial charge is 0.0434 e. The van der Waals surface area contributed by atoms with Crippen molar-refractivity contribution in [2.75, 3.05) is 0 Å². The van der Waals surface area contributed by atoms with Crippen molar-refractivity contribution < 1.29 is 0 Å². The number of aryl methyl sites for hydroxylation is 1. The molecule has 0 N–H and O–H groups in total. The lowest BCUT2D eigenvalue weighted by atomic mass is 9.68. The SMILES string of the molecule is CCCCCCc1ccc(C2CCC([C@H]3CC[C@H](CC)CC3)CC2)nc1. The van der Waals surface area contributed by atoms with Crippen molar-refractivity contribution in [2.24, 2.45) is 17.8 Å². The largest absolute Gasteiger partial charge is 0.261 e.